The number of aryl methyl sites for hydroxylation is 1. The molecule has 2 amide bonds. The van der Waals surface area contributed by atoms with Crippen LogP contribution >= 0.6 is 11.8 Å². The van der Waals surface area contributed by atoms with Crippen molar-refractivity contribution in [2.45, 2.75) is 50.7 Å². The second-order valence-electron chi connectivity index (χ2n) is 6.74. The Balaban J connectivity index is 1.50. The van der Waals surface area contributed by atoms with Gasteiger partial charge < -0.3 is 14.8 Å². The number of fused-ring (bicyclic) bond motifs is 2. The second-order valence-corrected chi connectivity index (χ2v) is 8.25. The molecule has 3 heterocycles. The zero-order valence-corrected chi connectivity index (χ0v) is 15.3. The minimum atomic E-state index is -0.371. The molecule has 1 N–H and O–H groups in total. The Labute approximate surface area is 151 Å². The number of hydrogen-bond acceptors (Lipinski definition) is 4. The molecule has 1 aromatic heterocycles. The summed E-state index contributed by atoms with van der Waals surface area (Å²) in [6, 6.07) is 7.61. The summed E-state index contributed by atoms with van der Waals surface area (Å²) >= 11 is 1.71. The molecule has 25 heavy (non-hydrogen) atoms. The molecular formula is C18H22N4O2S. The number of nitrogens with one attached hydrogen (secondary N) is 1. The molecule has 2 aliphatic heterocycles. The molecule has 0 spiro atoms. The highest BCUT2D eigenvalue weighted by atomic mass is 32.2. The summed E-state index contributed by atoms with van der Waals surface area (Å²) in [5.41, 5.74) is 2.01. The maximum Gasteiger partial charge on any atom is 0.244 e. The van der Waals surface area contributed by atoms with Gasteiger partial charge in [-0.05, 0) is 32.4 Å². The van der Waals surface area contributed by atoms with Crippen molar-refractivity contribution in [3.05, 3.63) is 30.1 Å². The first-order chi connectivity index (χ1) is 12.0. The third kappa shape index (κ3) is 2.61. The van der Waals surface area contributed by atoms with Gasteiger partial charge in [-0.1, -0.05) is 12.1 Å². The van der Waals surface area contributed by atoms with Crippen molar-refractivity contribution < 1.29 is 9.59 Å². The van der Waals surface area contributed by atoms with Gasteiger partial charge in [0.25, 0.3) is 0 Å². The first-order valence-corrected chi connectivity index (χ1v) is 9.70. The van der Waals surface area contributed by atoms with Gasteiger partial charge in [0.2, 0.25) is 11.8 Å². The van der Waals surface area contributed by atoms with Crippen LogP contribution in [0.4, 0.5) is 0 Å². The smallest absolute Gasteiger partial charge is 0.244 e. The number of hydrogen-bond donors (Lipinski definition) is 1. The molecule has 7 heteroatoms. The number of rotatable bonds is 4. The Kier molecular flexibility index (Phi) is 3.98. The molecule has 2 saturated heterocycles. The second kappa shape index (κ2) is 6.05. The number of para-hydroxylation sites is 2. The van der Waals surface area contributed by atoms with Gasteiger partial charge in [0.15, 0.2) is 0 Å². The van der Waals surface area contributed by atoms with Gasteiger partial charge in [-0.15, -0.1) is 11.8 Å². The topological polar surface area (TPSA) is 67.2 Å². The largest absolute Gasteiger partial charge is 0.347 e. The Morgan fingerprint density at radius 3 is 3.04 bits per heavy atom. The minimum absolute atomic E-state index is 0.0822. The molecule has 6 nitrogen and oxygen atoms in total. The number of carbonyl (C=O) groups is 2. The Morgan fingerprint density at radius 2 is 2.24 bits per heavy atom. The number of nitrogens with zero attached hydrogens (tertiary/aromatic N) is 3. The maximum atomic E-state index is 12.7. The van der Waals surface area contributed by atoms with E-state index in [2.05, 4.69) is 28.7 Å². The van der Waals surface area contributed by atoms with Crippen molar-refractivity contribution in [1.29, 1.82) is 0 Å². The van der Waals surface area contributed by atoms with Gasteiger partial charge in [-0.25, -0.2) is 4.98 Å². The number of imidazole rings is 1. The molecule has 2 aromatic rings. The van der Waals surface area contributed by atoms with E-state index in [9.17, 15) is 9.59 Å². The number of carbonyl (C=O) groups excluding carboxylic acids is 2. The summed E-state index contributed by atoms with van der Waals surface area (Å²) in [5, 5.41) is 3.00. The predicted octanol–water partition coefficient (Wildman–Crippen LogP) is 2.13. The summed E-state index contributed by atoms with van der Waals surface area (Å²) in [6.45, 7) is 5.31. The summed E-state index contributed by atoms with van der Waals surface area (Å²) in [4.78, 5) is 31.1. The van der Waals surface area contributed by atoms with E-state index in [0.717, 1.165) is 29.8 Å². The standard InChI is InChI=1S/C18H22N4O2S/c1-3-21-13-7-5-4-6-12(13)20-15(21)10-19-17(24)14-11-25-18(2)9-8-16(23)22(14)18/h4-7,14H,3,8-11H2,1-2H3,(H,19,24)/t14-,18-/m0/s1. The van der Waals surface area contributed by atoms with Crippen LogP contribution in [0, 0.1) is 0 Å². The number of benzene rings is 1. The summed E-state index contributed by atoms with van der Waals surface area (Å²) < 4.78 is 2.12. The maximum absolute atomic E-state index is 12.7. The highest BCUT2D eigenvalue weighted by molar-refractivity contribution is 8.01. The molecule has 2 fully saturated rings. The molecule has 0 unspecified atom stereocenters. The predicted molar refractivity (Wildman–Crippen MR) is 98.0 cm³/mol. The molecule has 0 aliphatic carbocycles. The number of amides is 2. The van der Waals surface area contributed by atoms with E-state index in [0.29, 0.717) is 18.7 Å². The molecule has 2 aliphatic rings. The van der Waals surface area contributed by atoms with Crippen molar-refractivity contribution in [2.24, 2.45) is 0 Å². The van der Waals surface area contributed by atoms with Crippen molar-refractivity contribution in [3.63, 3.8) is 0 Å². The van der Waals surface area contributed by atoms with Crippen LogP contribution in [0.25, 0.3) is 11.0 Å². The van der Waals surface area contributed by atoms with Crippen LogP contribution < -0.4 is 5.32 Å². The molecule has 4 rings (SSSR count). The zero-order chi connectivity index (χ0) is 17.6. The van der Waals surface area contributed by atoms with Crippen LogP contribution in [0.5, 0.6) is 0 Å². The van der Waals surface area contributed by atoms with Crippen LogP contribution in [0.1, 0.15) is 32.5 Å². The van der Waals surface area contributed by atoms with Gasteiger partial charge in [0, 0.05) is 18.7 Å². The molecule has 0 radical (unpaired) electrons. The Hall–Kier alpha value is -2.02. The Bertz CT molecular complexity index is 849. The normalized spacial score (nSPS) is 25.6. The number of thioether (sulfide) groups is 1. The third-order valence-corrected chi connectivity index (χ3v) is 6.72. The monoisotopic (exact) mass is 358 g/mol. The van der Waals surface area contributed by atoms with E-state index >= 15 is 0 Å². The summed E-state index contributed by atoms with van der Waals surface area (Å²) in [5.74, 6) is 1.52. The molecule has 0 saturated carbocycles. The summed E-state index contributed by atoms with van der Waals surface area (Å²) in [6.07, 6.45) is 1.37. The van der Waals surface area contributed by atoms with Crippen LogP contribution in [-0.2, 0) is 22.7 Å². The van der Waals surface area contributed by atoms with Crippen molar-refractivity contribution in [3.8, 4) is 0 Å². The van der Waals surface area contributed by atoms with E-state index in [1.807, 2.05) is 24.3 Å². The van der Waals surface area contributed by atoms with Crippen LogP contribution in [-0.4, -0.2) is 42.9 Å². The minimum Gasteiger partial charge on any atom is -0.347 e. The lowest BCUT2D eigenvalue weighted by atomic mass is 10.2. The van der Waals surface area contributed by atoms with Crippen LogP contribution in [0.2, 0.25) is 0 Å². The highest BCUT2D eigenvalue weighted by Crippen LogP contribution is 2.47. The molecule has 1 aromatic carbocycles. The van der Waals surface area contributed by atoms with Crippen LogP contribution in [0.3, 0.4) is 0 Å². The van der Waals surface area contributed by atoms with E-state index in [1.165, 1.54) is 0 Å². The average Bonchev–Trinajstić information content (AvgIpc) is 3.23. The Morgan fingerprint density at radius 1 is 1.44 bits per heavy atom. The zero-order valence-electron chi connectivity index (χ0n) is 14.5. The first kappa shape index (κ1) is 16.4. The number of aromatic nitrogens is 2. The van der Waals surface area contributed by atoms with E-state index < -0.39 is 0 Å². The van der Waals surface area contributed by atoms with Crippen molar-refractivity contribution in [1.82, 2.24) is 19.8 Å². The van der Waals surface area contributed by atoms with Gasteiger partial charge >= 0.3 is 0 Å². The SMILES string of the molecule is CCn1c(CNC(=O)[C@@H]2CS[C@@]3(C)CCC(=O)N23)nc2ccccc21. The van der Waals surface area contributed by atoms with Gasteiger partial charge in [-0.3, -0.25) is 9.59 Å². The fourth-order valence-electron chi connectivity index (χ4n) is 3.91. The highest BCUT2D eigenvalue weighted by Gasteiger charge is 2.52. The van der Waals surface area contributed by atoms with Gasteiger partial charge in [-0.2, -0.15) is 0 Å². The summed E-state index contributed by atoms with van der Waals surface area (Å²) in [7, 11) is 0. The lowest BCUT2D eigenvalue weighted by molar-refractivity contribution is -0.138. The molecular weight excluding hydrogens is 336 g/mol. The van der Waals surface area contributed by atoms with E-state index in [-0.39, 0.29) is 22.7 Å². The van der Waals surface area contributed by atoms with Gasteiger partial charge in [0.05, 0.1) is 22.4 Å². The van der Waals surface area contributed by atoms with Crippen molar-refractivity contribution >= 4 is 34.6 Å². The fraction of sp³-hybridized carbons (Fsp3) is 0.500. The van der Waals surface area contributed by atoms with Gasteiger partial charge in [0.1, 0.15) is 11.9 Å². The average molecular weight is 358 g/mol. The van der Waals surface area contributed by atoms with E-state index in [1.54, 1.807) is 16.7 Å². The van der Waals surface area contributed by atoms with Crippen LogP contribution in [0.15, 0.2) is 24.3 Å². The molecule has 0 bridgehead atoms. The third-order valence-electron chi connectivity index (χ3n) is 5.22. The van der Waals surface area contributed by atoms with E-state index in [4.69, 9.17) is 0 Å². The lowest BCUT2D eigenvalue weighted by Gasteiger charge is -2.29. The lowest BCUT2D eigenvalue weighted by Crippen LogP contribution is -2.50. The quantitative estimate of drug-likeness (QED) is 0.909. The fourth-order valence-corrected chi connectivity index (χ4v) is 5.34. The van der Waals surface area contributed by atoms with Crippen molar-refractivity contribution in [2.75, 3.05) is 5.75 Å². The molecule has 132 valence electrons. The molecule has 2 atom stereocenters. The first-order valence-electron chi connectivity index (χ1n) is 8.71.